The molecular weight excluding hydrogens is 234 g/mol. The minimum atomic E-state index is 0.357. The van der Waals surface area contributed by atoms with Gasteiger partial charge in [0, 0.05) is 18.1 Å². The van der Waals surface area contributed by atoms with Gasteiger partial charge in [-0.1, -0.05) is 18.6 Å². The molecule has 2 nitrogen and oxygen atoms in total. The van der Waals surface area contributed by atoms with Gasteiger partial charge in [-0.25, -0.2) is 0 Å². The number of likely N-dealkylation sites (tertiary alicyclic amines) is 1. The Morgan fingerprint density at radius 2 is 1.74 bits per heavy atom. The van der Waals surface area contributed by atoms with Crippen molar-refractivity contribution in [1.82, 2.24) is 4.90 Å². The number of aryl methyl sites for hydroxylation is 1. The third kappa shape index (κ3) is 3.73. The number of benzene rings is 1. The highest BCUT2D eigenvalue weighted by Crippen LogP contribution is 2.26. The molecule has 1 heterocycles. The zero-order valence-corrected chi connectivity index (χ0v) is 12.5. The second-order valence-corrected chi connectivity index (χ2v) is 6.13. The van der Waals surface area contributed by atoms with Crippen LogP contribution in [0.2, 0.25) is 0 Å². The lowest BCUT2D eigenvalue weighted by Gasteiger charge is -2.43. The molecule has 0 aromatic heterocycles. The molecule has 1 aromatic rings. The predicted octanol–water partition coefficient (Wildman–Crippen LogP) is 3.98. The second kappa shape index (κ2) is 6.42. The number of phenolic OH excluding ortho intramolecular Hbond substituents is 1. The average molecular weight is 261 g/mol. The second-order valence-electron chi connectivity index (χ2n) is 6.13. The van der Waals surface area contributed by atoms with Crippen molar-refractivity contribution in [3.63, 3.8) is 0 Å². The van der Waals surface area contributed by atoms with Crippen molar-refractivity contribution in [2.24, 2.45) is 0 Å². The fraction of sp³-hybridized carbons (Fsp3) is 0.647. The summed E-state index contributed by atoms with van der Waals surface area (Å²) in [4.78, 5) is 2.70. The molecule has 0 aliphatic carbocycles. The number of phenols is 1. The summed E-state index contributed by atoms with van der Waals surface area (Å²) in [6.45, 7) is 7.10. The molecule has 0 saturated carbocycles. The number of rotatable bonds is 4. The highest BCUT2D eigenvalue weighted by molar-refractivity contribution is 5.25. The van der Waals surface area contributed by atoms with Crippen molar-refractivity contribution in [2.75, 3.05) is 0 Å². The molecule has 0 spiro atoms. The monoisotopic (exact) mass is 261 g/mol. The Kier molecular flexibility index (Phi) is 4.87. The maximum Gasteiger partial charge on any atom is 0.115 e. The summed E-state index contributed by atoms with van der Waals surface area (Å²) in [5.74, 6) is 0.357. The zero-order valence-electron chi connectivity index (χ0n) is 12.5. The number of hydrogen-bond donors (Lipinski definition) is 1. The van der Waals surface area contributed by atoms with Crippen LogP contribution in [0.1, 0.15) is 52.0 Å². The van der Waals surface area contributed by atoms with Gasteiger partial charge in [0.25, 0.3) is 0 Å². The maximum absolute atomic E-state index is 9.30. The highest BCUT2D eigenvalue weighted by Gasteiger charge is 2.28. The van der Waals surface area contributed by atoms with Crippen molar-refractivity contribution >= 4 is 0 Å². The fourth-order valence-corrected chi connectivity index (χ4v) is 3.50. The van der Waals surface area contributed by atoms with E-state index >= 15 is 0 Å². The average Bonchev–Trinajstić information content (AvgIpc) is 2.38. The van der Waals surface area contributed by atoms with Crippen LogP contribution in [0.3, 0.4) is 0 Å². The lowest BCUT2D eigenvalue weighted by Crippen LogP contribution is -2.48. The summed E-state index contributed by atoms with van der Waals surface area (Å²) < 4.78 is 0. The highest BCUT2D eigenvalue weighted by atomic mass is 16.3. The van der Waals surface area contributed by atoms with Crippen LogP contribution in [0.25, 0.3) is 0 Å². The van der Waals surface area contributed by atoms with Crippen LogP contribution in [0, 0.1) is 0 Å². The Hall–Kier alpha value is -1.02. The molecule has 3 atom stereocenters. The van der Waals surface area contributed by atoms with E-state index < -0.39 is 0 Å². The lowest BCUT2D eigenvalue weighted by atomic mass is 9.93. The number of nitrogens with zero attached hydrogens (tertiary/aromatic N) is 1. The minimum Gasteiger partial charge on any atom is -0.508 e. The summed E-state index contributed by atoms with van der Waals surface area (Å²) >= 11 is 0. The molecule has 2 heteroatoms. The van der Waals surface area contributed by atoms with Gasteiger partial charge in [0.2, 0.25) is 0 Å². The van der Waals surface area contributed by atoms with E-state index in [1.165, 1.54) is 31.2 Å². The molecule has 2 rings (SSSR count). The molecule has 1 aliphatic heterocycles. The van der Waals surface area contributed by atoms with Crippen LogP contribution in [0.15, 0.2) is 24.3 Å². The molecule has 1 N–H and O–H groups in total. The first-order chi connectivity index (χ1) is 9.08. The largest absolute Gasteiger partial charge is 0.508 e. The van der Waals surface area contributed by atoms with E-state index in [2.05, 4.69) is 25.7 Å². The maximum atomic E-state index is 9.30. The van der Waals surface area contributed by atoms with Crippen LogP contribution >= 0.6 is 0 Å². The van der Waals surface area contributed by atoms with E-state index in [1.54, 1.807) is 12.1 Å². The van der Waals surface area contributed by atoms with E-state index in [9.17, 15) is 5.11 Å². The molecule has 1 aromatic carbocycles. The van der Waals surface area contributed by atoms with Crippen molar-refractivity contribution < 1.29 is 5.11 Å². The molecule has 19 heavy (non-hydrogen) atoms. The number of hydrogen-bond acceptors (Lipinski definition) is 2. The summed E-state index contributed by atoms with van der Waals surface area (Å²) in [6.07, 6.45) is 6.35. The van der Waals surface area contributed by atoms with Crippen molar-refractivity contribution in [3.05, 3.63) is 29.8 Å². The molecule has 0 amide bonds. The first-order valence-electron chi connectivity index (χ1n) is 7.63. The smallest absolute Gasteiger partial charge is 0.115 e. The third-order valence-corrected chi connectivity index (χ3v) is 4.56. The topological polar surface area (TPSA) is 23.5 Å². The van der Waals surface area contributed by atoms with Crippen LogP contribution in [-0.2, 0) is 6.42 Å². The molecule has 0 radical (unpaired) electrons. The Balaban J connectivity index is 1.89. The summed E-state index contributed by atoms with van der Waals surface area (Å²) in [5, 5.41) is 9.30. The van der Waals surface area contributed by atoms with Gasteiger partial charge < -0.3 is 5.11 Å². The molecule has 1 unspecified atom stereocenters. The molecule has 106 valence electrons. The summed E-state index contributed by atoms with van der Waals surface area (Å²) in [5.41, 5.74) is 1.32. The van der Waals surface area contributed by atoms with Gasteiger partial charge in [0.1, 0.15) is 5.75 Å². The SMILES string of the molecule is CC(CCc1ccc(O)cc1)N1[C@H](C)CCC[C@@H]1C. The van der Waals surface area contributed by atoms with Crippen molar-refractivity contribution in [3.8, 4) is 5.75 Å². The van der Waals surface area contributed by atoms with Gasteiger partial charge in [-0.2, -0.15) is 0 Å². The van der Waals surface area contributed by atoms with Gasteiger partial charge in [-0.05, 0) is 64.2 Å². The van der Waals surface area contributed by atoms with Crippen molar-refractivity contribution in [1.29, 1.82) is 0 Å². The van der Waals surface area contributed by atoms with Gasteiger partial charge in [0.15, 0.2) is 0 Å². The summed E-state index contributed by atoms with van der Waals surface area (Å²) in [7, 11) is 0. The third-order valence-electron chi connectivity index (χ3n) is 4.56. The van der Waals surface area contributed by atoms with E-state index in [1.807, 2.05) is 12.1 Å². The predicted molar refractivity (Wildman–Crippen MR) is 80.5 cm³/mol. The molecule has 0 bridgehead atoms. The Labute approximate surface area is 117 Å². The lowest BCUT2D eigenvalue weighted by molar-refractivity contribution is 0.0590. The number of piperidine rings is 1. The standard InChI is InChI=1S/C17H27NO/c1-13-5-4-6-14(2)18(13)15(3)7-8-16-9-11-17(19)12-10-16/h9-15,19H,4-8H2,1-3H3/t13-,14+,15?. The Morgan fingerprint density at radius 3 is 2.32 bits per heavy atom. The normalized spacial score (nSPS) is 26.3. The molecular formula is C17H27NO. The molecule has 1 saturated heterocycles. The summed E-state index contributed by atoms with van der Waals surface area (Å²) in [6, 6.07) is 9.71. The van der Waals surface area contributed by atoms with Crippen molar-refractivity contribution in [2.45, 2.75) is 71.0 Å². The van der Waals surface area contributed by atoms with Gasteiger partial charge in [-0.15, -0.1) is 0 Å². The van der Waals surface area contributed by atoms with Gasteiger partial charge >= 0.3 is 0 Å². The Bertz CT molecular complexity index is 377. The quantitative estimate of drug-likeness (QED) is 0.886. The minimum absolute atomic E-state index is 0.357. The van der Waals surface area contributed by atoms with Gasteiger partial charge in [0.05, 0.1) is 0 Å². The van der Waals surface area contributed by atoms with Crippen LogP contribution in [0.4, 0.5) is 0 Å². The van der Waals surface area contributed by atoms with Crippen LogP contribution in [0.5, 0.6) is 5.75 Å². The van der Waals surface area contributed by atoms with E-state index in [0.717, 1.165) is 18.5 Å². The molecule has 1 aliphatic rings. The van der Waals surface area contributed by atoms with E-state index in [-0.39, 0.29) is 0 Å². The van der Waals surface area contributed by atoms with E-state index in [4.69, 9.17) is 0 Å². The first kappa shape index (κ1) is 14.4. The van der Waals surface area contributed by atoms with Crippen LogP contribution in [-0.4, -0.2) is 28.1 Å². The van der Waals surface area contributed by atoms with E-state index in [0.29, 0.717) is 11.8 Å². The fourth-order valence-electron chi connectivity index (χ4n) is 3.50. The first-order valence-corrected chi connectivity index (χ1v) is 7.63. The molecule has 1 fully saturated rings. The van der Waals surface area contributed by atoms with Crippen LogP contribution < -0.4 is 0 Å². The Morgan fingerprint density at radius 1 is 1.16 bits per heavy atom. The number of aromatic hydroxyl groups is 1. The zero-order chi connectivity index (χ0) is 13.8. The van der Waals surface area contributed by atoms with Gasteiger partial charge in [-0.3, -0.25) is 4.90 Å².